The maximum atomic E-state index is 13.8. The third kappa shape index (κ3) is 4.88. The second kappa shape index (κ2) is 11.2. The minimum atomic E-state index is -1.78. The molecule has 1 heterocycles. The molecular formula is C33H42O12. The number of benzene rings is 1. The summed E-state index contributed by atoms with van der Waals surface area (Å²) in [6.07, 6.45) is -7.94. The first-order valence-corrected chi connectivity index (χ1v) is 15.1. The third-order valence-corrected chi connectivity index (χ3v) is 10.5. The number of fused-ring (bicyclic) bond motifs is 4. The highest BCUT2D eigenvalue weighted by Gasteiger charge is 2.80. The van der Waals surface area contributed by atoms with Gasteiger partial charge in [0.15, 0.2) is 5.60 Å². The van der Waals surface area contributed by atoms with Crippen LogP contribution in [-0.4, -0.2) is 93.6 Å². The van der Waals surface area contributed by atoms with Crippen LogP contribution in [0.1, 0.15) is 71.7 Å². The zero-order chi connectivity index (χ0) is 33.3. The number of rotatable bonds is 6. The van der Waals surface area contributed by atoms with Crippen molar-refractivity contribution in [1.29, 1.82) is 0 Å². The lowest BCUT2D eigenvalue weighted by Crippen LogP contribution is -2.79. The minimum Gasteiger partial charge on any atom is -0.462 e. The molecule has 3 fully saturated rings. The lowest BCUT2D eigenvalue weighted by molar-refractivity contribution is -0.352. The van der Waals surface area contributed by atoms with Crippen molar-refractivity contribution in [1.82, 2.24) is 0 Å². The van der Waals surface area contributed by atoms with Gasteiger partial charge < -0.3 is 39.0 Å². The molecule has 0 bridgehead atoms. The summed E-state index contributed by atoms with van der Waals surface area (Å²) in [7, 11) is 0. The molecule has 2 saturated carbocycles. The molecule has 3 N–H and O–H groups in total. The Morgan fingerprint density at radius 3 is 2.07 bits per heavy atom. The van der Waals surface area contributed by atoms with E-state index >= 15 is 0 Å². The molecule has 4 aliphatic rings. The van der Waals surface area contributed by atoms with Gasteiger partial charge in [0.1, 0.15) is 30.5 Å². The first-order valence-electron chi connectivity index (χ1n) is 15.1. The van der Waals surface area contributed by atoms with E-state index in [1.165, 1.54) is 34.6 Å². The van der Waals surface area contributed by atoms with Crippen molar-refractivity contribution in [2.24, 2.45) is 16.7 Å². The lowest BCUT2D eigenvalue weighted by Gasteiger charge is -2.65. The second-order valence-corrected chi connectivity index (χ2v) is 13.5. The smallest absolute Gasteiger partial charge is 0.338 e. The van der Waals surface area contributed by atoms with Crippen LogP contribution in [0, 0.1) is 16.7 Å². The van der Waals surface area contributed by atoms with Crippen LogP contribution in [0.15, 0.2) is 41.5 Å². The van der Waals surface area contributed by atoms with Crippen LogP contribution in [0.3, 0.4) is 0 Å². The van der Waals surface area contributed by atoms with Gasteiger partial charge in [-0.2, -0.15) is 0 Å². The van der Waals surface area contributed by atoms with Gasteiger partial charge in [0.2, 0.25) is 0 Å². The van der Waals surface area contributed by atoms with Gasteiger partial charge in [-0.3, -0.25) is 14.4 Å². The summed E-state index contributed by atoms with van der Waals surface area (Å²) >= 11 is 0. The topological polar surface area (TPSA) is 175 Å². The monoisotopic (exact) mass is 630 g/mol. The molecule has 1 aromatic rings. The summed E-state index contributed by atoms with van der Waals surface area (Å²) < 4.78 is 30.3. The van der Waals surface area contributed by atoms with E-state index in [0.717, 1.165) is 0 Å². The van der Waals surface area contributed by atoms with E-state index in [1.54, 1.807) is 44.2 Å². The van der Waals surface area contributed by atoms with E-state index < -0.39 is 88.5 Å². The summed E-state index contributed by atoms with van der Waals surface area (Å²) in [5.41, 5.74) is -6.00. The number of hydrogen-bond donors (Lipinski definition) is 3. The van der Waals surface area contributed by atoms with Crippen molar-refractivity contribution in [3.8, 4) is 0 Å². The molecule has 1 saturated heterocycles. The van der Waals surface area contributed by atoms with Gasteiger partial charge in [-0.1, -0.05) is 25.1 Å². The van der Waals surface area contributed by atoms with Crippen LogP contribution < -0.4 is 0 Å². The van der Waals surface area contributed by atoms with Crippen LogP contribution in [0.25, 0.3) is 0 Å². The SMILES string of the molecule is CC(=O)OC1C2[C@@](C)([C@@H](OC(C)=O)C[C@H]3OC[C@@]23OC(C)=O)[C@@H](OC(=O)c2ccccc2)[C@H](O)C2=C(C)[C@@H](O)C[C@]21C(C)(C)O. The van der Waals surface area contributed by atoms with Crippen molar-refractivity contribution in [3.63, 3.8) is 0 Å². The Morgan fingerprint density at radius 2 is 1.56 bits per heavy atom. The predicted octanol–water partition coefficient (Wildman–Crippen LogP) is 2.02. The Kier molecular flexibility index (Phi) is 8.21. The van der Waals surface area contributed by atoms with Gasteiger partial charge >= 0.3 is 23.9 Å². The average molecular weight is 631 g/mol. The van der Waals surface area contributed by atoms with E-state index in [2.05, 4.69) is 0 Å². The van der Waals surface area contributed by atoms with E-state index in [1.807, 2.05) is 0 Å². The molecular weight excluding hydrogens is 588 g/mol. The van der Waals surface area contributed by atoms with Crippen molar-refractivity contribution < 1.29 is 58.2 Å². The molecule has 0 aromatic heterocycles. The average Bonchev–Trinajstić information content (AvgIpc) is 3.18. The van der Waals surface area contributed by atoms with Gasteiger partial charge in [-0.15, -0.1) is 0 Å². The Balaban J connectivity index is 1.88. The van der Waals surface area contributed by atoms with Gasteiger partial charge in [-0.25, -0.2) is 4.79 Å². The van der Waals surface area contributed by atoms with E-state index in [0.29, 0.717) is 5.57 Å². The fourth-order valence-electron chi connectivity index (χ4n) is 8.71. The lowest BCUT2D eigenvalue weighted by atomic mass is 9.49. The van der Waals surface area contributed by atoms with Crippen molar-refractivity contribution in [2.45, 2.75) is 109 Å². The summed E-state index contributed by atoms with van der Waals surface area (Å²) in [5.74, 6) is -4.08. The van der Waals surface area contributed by atoms with Crippen molar-refractivity contribution >= 4 is 23.9 Å². The summed E-state index contributed by atoms with van der Waals surface area (Å²) in [5, 5.41) is 35.9. The van der Waals surface area contributed by atoms with Gasteiger partial charge in [0.25, 0.3) is 0 Å². The molecule has 10 atom stereocenters. The number of carbonyl (C=O) groups excluding carboxylic acids is 4. The predicted molar refractivity (Wildman–Crippen MR) is 155 cm³/mol. The number of aliphatic hydroxyl groups excluding tert-OH is 2. The quantitative estimate of drug-likeness (QED) is 0.237. The zero-order valence-corrected chi connectivity index (χ0v) is 26.6. The summed E-state index contributed by atoms with van der Waals surface area (Å²) in [6, 6.07) is 8.10. The summed E-state index contributed by atoms with van der Waals surface area (Å²) in [4.78, 5) is 52.1. The maximum absolute atomic E-state index is 13.8. The maximum Gasteiger partial charge on any atom is 0.338 e. The highest BCUT2D eigenvalue weighted by atomic mass is 16.6. The Morgan fingerprint density at radius 1 is 0.933 bits per heavy atom. The molecule has 246 valence electrons. The fraction of sp³-hybridized carbons (Fsp3) is 0.636. The molecule has 1 aromatic carbocycles. The second-order valence-electron chi connectivity index (χ2n) is 13.5. The van der Waals surface area contributed by atoms with E-state index in [4.69, 9.17) is 23.7 Å². The van der Waals surface area contributed by atoms with Crippen LogP contribution in [0.5, 0.6) is 0 Å². The van der Waals surface area contributed by atoms with Crippen LogP contribution in [0.2, 0.25) is 0 Å². The Bertz CT molecular complexity index is 1410. The van der Waals surface area contributed by atoms with Gasteiger partial charge in [0, 0.05) is 27.2 Å². The zero-order valence-electron chi connectivity index (χ0n) is 26.6. The van der Waals surface area contributed by atoms with Crippen molar-refractivity contribution in [2.75, 3.05) is 6.61 Å². The van der Waals surface area contributed by atoms with Crippen molar-refractivity contribution in [3.05, 3.63) is 47.0 Å². The molecule has 0 spiro atoms. The standard InChI is InChI=1S/C33H42O12/c1-16-21(37)14-32(30(5,6)40)24(16)25(38)27(44-29(39)20-11-9-8-10-12-20)31(7)22(42-17(2)34)13-23-33(15-41-23,45-19(4)36)26(31)28(32)43-18(3)35/h8-12,21-23,25-28,37-38,40H,13-15H2,1-7H3/t21-,22-,23+,25+,26?,27-,28?,31+,32-,33-/m0/s1. The highest BCUT2D eigenvalue weighted by molar-refractivity contribution is 5.89. The molecule has 0 amide bonds. The first kappa shape index (κ1) is 33.1. The van der Waals surface area contributed by atoms with Crippen LogP contribution in [-0.2, 0) is 38.1 Å². The molecule has 1 aliphatic heterocycles. The molecule has 5 rings (SSSR count). The first-order chi connectivity index (χ1) is 20.9. The van der Waals surface area contributed by atoms with Gasteiger partial charge in [-0.05, 0) is 50.5 Å². The normalized spacial score (nSPS) is 38.8. The molecule has 12 heteroatoms. The minimum absolute atomic E-state index is 0.00503. The number of hydrogen-bond acceptors (Lipinski definition) is 12. The molecule has 0 radical (unpaired) electrons. The highest BCUT2D eigenvalue weighted by Crippen LogP contribution is 2.68. The number of esters is 4. The number of aliphatic hydroxyl groups is 3. The number of carbonyl (C=O) groups is 4. The molecule has 2 unspecified atom stereocenters. The number of ether oxygens (including phenoxy) is 5. The van der Waals surface area contributed by atoms with E-state index in [9.17, 15) is 34.5 Å². The third-order valence-electron chi connectivity index (χ3n) is 10.5. The fourth-order valence-corrected chi connectivity index (χ4v) is 8.71. The van der Waals surface area contributed by atoms with Crippen LogP contribution >= 0.6 is 0 Å². The molecule has 3 aliphatic carbocycles. The van der Waals surface area contributed by atoms with Crippen LogP contribution in [0.4, 0.5) is 0 Å². The van der Waals surface area contributed by atoms with E-state index in [-0.39, 0.29) is 30.6 Å². The summed E-state index contributed by atoms with van der Waals surface area (Å²) in [6.45, 7) is 9.66. The van der Waals surface area contributed by atoms with Gasteiger partial charge in [0.05, 0.1) is 40.6 Å². The Hall–Kier alpha value is -3.32. The Labute approximate surface area is 261 Å². The molecule has 45 heavy (non-hydrogen) atoms. The largest absolute Gasteiger partial charge is 0.462 e. The molecule has 12 nitrogen and oxygen atoms in total.